The van der Waals surface area contributed by atoms with Crippen molar-refractivity contribution >= 4 is 56.3 Å². The van der Waals surface area contributed by atoms with E-state index in [0.717, 1.165) is 79.2 Å². The molecule has 18 rings (SSSR count). The molecule has 2 aliphatic carbocycles. The lowest BCUT2D eigenvalue weighted by Gasteiger charge is -2.21. The maximum atomic E-state index is 9.83. The molecule has 8 nitrogen and oxygen atoms in total. The summed E-state index contributed by atoms with van der Waals surface area (Å²) < 4.78 is 8.68. The molecule has 0 unspecified atom stereocenters. The first-order valence-electron chi connectivity index (χ1n) is 31.5. The highest BCUT2D eigenvalue weighted by Gasteiger charge is 2.36. The van der Waals surface area contributed by atoms with Gasteiger partial charge in [-0.05, 0) is 110 Å². The Hall–Kier alpha value is -11.6. The van der Waals surface area contributed by atoms with Crippen LogP contribution in [0.4, 0.5) is 0 Å². The van der Waals surface area contributed by atoms with Crippen LogP contribution in [0.5, 0.6) is 0 Å². The topological polar surface area (TPSA) is 110 Å². The van der Waals surface area contributed by atoms with Gasteiger partial charge < -0.3 is 19.0 Å². The number of hydrogen-bond donors (Lipinski definition) is 2. The van der Waals surface area contributed by atoms with Gasteiger partial charge in [0.05, 0.1) is 39.4 Å². The van der Waals surface area contributed by atoms with Crippen molar-refractivity contribution in [1.82, 2.24) is 24.5 Å². The molecule has 12 aromatic carbocycles. The van der Waals surface area contributed by atoms with E-state index in [2.05, 4.69) is 194 Å². The lowest BCUT2D eigenvalue weighted by molar-refractivity contribution is 0.425. The van der Waals surface area contributed by atoms with E-state index in [1.807, 2.05) is 103 Å². The van der Waals surface area contributed by atoms with Crippen molar-refractivity contribution in [2.45, 2.75) is 25.7 Å². The van der Waals surface area contributed by atoms with E-state index in [1.54, 1.807) is 12.1 Å². The molecule has 0 aliphatic heterocycles. The third-order valence-corrected chi connectivity index (χ3v) is 18.8. The van der Waals surface area contributed by atoms with E-state index < -0.39 is 7.12 Å². The van der Waals surface area contributed by atoms with Gasteiger partial charge in [0.2, 0.25) is 0 Å². The minimum absolute atomic E-state index is 0.0846. The van der Waals surface area contributed by atoms with Crippen LogP contribution >= 0.6 is 0 Å². The summed E-state index contributed by atoms with van der Waals surface area (Å²) in [7, 11) is -1.63. The summed E-state index contributed by atoms with van der Waals surface area (Å²) in [5, 5.41) is 23.9. The monoisotopic (exact) mass is 1200 g/mol. The van der Waals surface area contributed by atoms with Gasteiger partial charge in [-0.1, -0.05) is 250 Å². The molecule has 0 amide bonds. The van der Waals surface area contributed by atoms with Gasteiger partial charge in [-0.15, -0.1) is 0 Å². The number of furan rings is 1. The van der Waals surface area contributed by atoms with Crippen LogP contribution in [-0.4, -0.2) is 41.7 Å². The van der Waals surface area contributed by atoms with Crippen LogP contribution in [0.25, 0.3) is 151 Å². The molecule has 9 heteroatoms. The predicted octanol–water partition coefficient (Wildman–Crippen LogP) is 19.2. The zero-order valence-corrected chi connectivity index (χ0v) is 51.0. The molecule has 0 saturated heterocycles. The van der Waals surface area contributed by atoms with Gasteiger partial charge in [0, 0.05) is 72.3 Å². The van der Waals surface area contributed by atoms with Gasteiger partial charge in [-0.3, -0.25) is 0 Å². The van der Waals surface area contributed by atoms with Crippen LogP contribution in [0.15, 0.2) is 296 Å². The summed E-state index contributed by atoms with van der Waals surface area (Å²) in [5.74, 6) is 1.29. The molecule has 0 saturated carbocycles. The van der Waals surface area contributed by atoms with Crippen molar-refractivity contribution in [2.75, 3.05) is 0 Å². The Labute approximate surface area is 538 Å². The van der Waals surface area contributed by atoms with Gasteiger partial charge in [-0.2, -0.15) is 0 Å². The van der Waals surface area contributed by atoms with Gasteiger partial charge in [0.15, 0.2) is 11.6 Å². The SMILES string of the molecule is CC1(C)c2ccccc2-c2cc3c4cc(-c5cccc6c5Cc5c(-c7nc(-c8ccccc8)cc(-c8ccccc8)n7)cccc5-6)ccc4n(-c4ccccc4)c3cc21.OB(O)c1cccc2c1oc1c(-c3nc(-c4ccccc4)cc(-c4ccccc4)n3)cccc12. The Morgan fingerprint density at radius 2 is 0.796 bits per heavy atom. The second kappa shape index (κ2) is 22.4. The Morgan fingerprint density at radius 3 is 1.38 bits per heavy atom. The number of rotatable bonds is 9. The van der Waals surface area contributed by atoms with Crippen molar-refractivity contribution in [2.24, 2.45) is 0 Å². The Kier molecular flexibility index (Phi) is 13.4. The third kappa shape index (κ3) is 9.47. The summed E-state index contributed by atoms with van der Waals surface area (Å²) in [6.07, 6.45) is 0.805. The Morgan fingerprint density at radius 1 is 0.344 bits per heavy atom. The van der Waals surface area contributed by atoms with E-state index in [-0.39, 0.29) is 5.41 Å². The number of aromatic nitrogens is 5. The zero-order chi connectivity index (χ0) is 62.3. The maximum Gasteiger partial charge on any atom is 0.492 e. The largest absolute Gasteiger partial charge is 0.492 e. The van der Waals surface area contributed by atoms with Crippen LogP contribution in [0.1, 0.15) is 36.1 Å². The van der Waals surface area contributed by atoms with E-state index in [9.17, 15) is 10.0 Å². The quantitative estimate of drug-likeness (QED) is 0.139. The van der Waals surface area contributed by atoms with E-state index >= 15 is 0 Å². The highest BCUT2D eigenvalue weighted by Crippen LogP contribution is 2.52. The molecule has 0 bridgehead atoms. The molecule has 2 aliphatic rings. The first-order valence-corrected chi connectivity index (χ1v) is 31.5. The molecule has 440 valence electrons. The molecular weight excluding hydrogens is 1140 g/mol. The molecule has 0 fully saturated rings. The summed E-state index contributed by atoms with van der Waals surface area (Å²) in [5.41, 5.74) is 27.5. The molecule has 4 heterocycles. The zero-order valence-electron chi connectivity index (χ0n) is 51.0. The predicted molar refractivity (Wildman–Crippen MR) is 379 cm³/mol. The summed E-state index contributed by atoms with van der Waals surface area (Å²) in [6, 6.07) is 101. The smallest absolute Gasteiger partial charge is 0.456 e. The molecule has 0 atom stereocenters. The Balaban J connectivity index is 0.000000165. The van der Waals surface area contributed by atoms with Crippen LogP contribution in [0, 0.1) is 0 Å². The standard InChI is InChI=1S/C56H39N3.C28H19BN2O3/c1-56(2)49-27-13-12-22-42(49)46-32-48-47-30-37(28-29-53(47)59(54(48)33-50(46)56)38-20-10-5-11-21-38)39-23-14-24-40-41-25-15-26-43(45(41)31-44(39)40)55-57-51(35-16-6-3-7-17-35)34-52(58-55)36-18-8-4-9-19-36;32-29(33)23-16-8-14-21-20-13-7-15-22(26(20)34-27(21)23)28-30-24(18-9-3-1-4-10-18)17-25(31-28)19-11-5-2-6-12-19/h3-30,32-34H,31H2,1-2H3;1-17,32-33H. The lowest BCUT2D eigenvalue weighted by atomic mass is 9.79. The molecular formula is C84H58BN5O3. The van der Waals surface area contributed by atoms with Gasteiger partial charge >= 0.3 is 7.12 Å². The lowest BCUT2D eigenvalue weighted by Crippen LogP contribution is -2.29. The average Bonchev–Trinajstić information content (AvgIpc) is 1.55. The van der Waals surface area contributed by atoms with Crippen LogP contribution in [0.3, 0.4) is 0 Å². The van der Waals surface area contributed by atoms with Crippen LogP contribution in [0.2, 0.25) is 0 Å². The number of benzene rings is 12. The normalized spacial score (nSPS) is 12.6. The van der Waals surface area contributed by atoms with Gasteiger partial charge in [0.25, 0.3) is 0 Å². The first-order chi connectivity index (χ1) is 45.7. The van der Waals surface area contributed by atoms with Crippen molar-refractivity contribution in [3.8, 4) is 107 Å². The summed E-state index contributed by atoms with van der Waals surface area (Å²) >= 11 is 0. The third-order valence-electron chi connectivity index (χ3n) is 18.8. The molecule has 0 radical (unpaired) electrons. The fourth-order valence-corrected chi connectivity index (χ4v) is 14.3. The van der Waals surface area contributed by atoms with Crippen LogP contribution < -0.4 is 5.46 Å². The number of para-hydroxylation sites is 3. The fraction of sp³-hybridized carbons (Fsp3) is 0.0476. The van der Waals surface area contributed by atoms with E-state index in [0.29, 0.717) is 22.5 Å². The fourth-order valence-electron chi connectivity index (χ4n) is 14.3. The van der Waals surface area contributed by atoms with Crippen molar-refractivity contribution in [3.63, 3.8) is 0 Å². The van der Waals surface area contributed by atoms with E-state index in [4.69, 9.17) is 24.4 Å². The first kappa shape index (κ1) is 55.5. The van der Waals surface area contributed by atoms with E-state index in [1.165, 1.54) is 83.1 Å². The highest BCUT2D eigenvalue weighted by molar-refractivity contribution is 6.61. The molecule has 93 heavy (non-hydrogen) atoms. The number of hydrogen-bond acceptors (Lipinski definition) is 7. The molecule has 4 aromatic heterocycles. The molecule has 16 aromatic rings. The van der Waals surface area contributed by atoms with Gasteiger partial charge in [-0.25, -0.2) is 19.9 Å². The molecule has 2 N–H and O–H groups in total. The number of nitrogens with zero attached hydrogens (tertiary/aromatic N) is 5. The van der Waals surface area contributed by atoms with Crippen LogP contribution in [-0.2, 0) is 11.8 Å². The Bertz CT molecular complexity index is 5480. The van der Waals surface area contributed by atoms with Crippen molar-refractivity contribution in [1.29, 1.82) is 0 Å². The molecule has 0 spiro atoms. The van der Waals surface area contributed by atoms with Crippen molar-refractivity contribution < 1.29 is 14.5 Å². The maximum absolute atomic E-state index is 9.83. The summed E-state index contributed by atoms with van der Waals surface area (Å²) in [4.78, 5) is 20.3. The summed E-state index contributed by atoms with van der Waals surface area (Å²) in [6.45, 7) is 4.73. The second-order valence-electron chi connectivity index (χ2n) is 24.6. The minimum Gasteiger partial charge on any atom is -0.456 e. The highest BCUT2D eigenvalue weighted by atomic mass is 16.4. The van der Waals surface area contributed by atoms with Crippen molar-refractivity contribution in [3.05, 3.63) is 313 Å². The minimum atomic E-state index is -1.63. The average molecular weight is 1200 g/mol. The number of fused-ring (bicyclic) bond motifs is 12. The second-order valence-corrected chi connectivity index (χ2v) is 24.6. The van der Waals surface area contributed by atoms with Gasteiger partial charge in [0.1, 0.15) is 11.2 Å².